The van der Waals surface area contributed by atoms with Gasteiger partial charge in [0.05, 0.1) is 39.9 Å². The van der Waals surface area contributed by atoms with Crippen molar-refractivity contribution in [1.82, 2.24) is 9.97 Å². The normalized spacial score (nSPS) is 21.4. The van der Waals surface area contributed by atoms with Gasteiger partial charge in [-0.25, -0.2) is 9.97 Å². The monoisotopic (exact) mass is 350 g/mol. The first-order valence-electron chi connectivity index (χ1n) is 8.44. The van der Waals surface area contributed by atoms with Crippen molar-refractivity contribution in [2.24, 2.45) is 0 Å². The highest BCUT2D eigenvalue weighted by atomic mass is 32.1. The van der Waals surface area contributed by atoms with Gasteiger partial charge in [0.25, 0.3) is 0 Å². The summed E-state index contributed by atoms with van der Waals surface area (Å²) in [6.07, 6.45) is 5.55. The first kappa shape index (κ1) is 15.5. The summed E-state index contributed by atoms with van der Waals surface area (Å²) in [4.78, 5) is 12.1. The zero-order valence-corrected chi connectivity index (χ0v) is 15.3. The second-order valence-electron chi connectivity index (χ2n) is 6.34. The molecule has 0 fully saturated rings. The van der Waals surface area contributed by atoms with Crippen molar-refractivity contribution in [3.63, 3.8) is 0 Å². The van der Waals surface area contributed by atoms with Crippen LogP contribution in [0.15, 0.2) is 0 Å². The third-order valence-electron chi connectivity index (χ3n) is 4.50. The summed E-state index contributed by atoms with van der Waals surface area (Å²) in [5.74, 6) is 1.30. The average Bonchev–Trinajstić information content (AvgIpc) is 3.17. The molecule has 23 heavy (non-hydrogen) atoms. The molecule has 4 rings (SSSR count). The molecule has 0 aliphatic carbocycles. The summed E-state index contributed by atoms with van der Waals surface area (Å²) < 4.78 is 11.7. The maximum atomic E-state index is 6.05. The van der Waals surface area contributed by atoms with Crippen LogP contribution in [-0.4, -0.2) is 22.7 Å². The molecule has 4 nitrogen and oxygen atoms in total. The number of fused-ring (bicyclic) bond motifs is 2. The fraction of sp³-hybridized carbons (Fsp3) is 0.647. The summed E-state index contributed by atoms with van der Waals surface area (Å²) >= 11 is 3.68. The van der Waals surface area contributed by atoms with Gasteiger partial charge in [-0.2, -0.15) is 0 Å². The number of nitrogens with zero attached hydrogens (tertiary/aromatic N) is 2. The van der Waals surface area contributed by atoms with Crippen LogP contribution >= 0.6 is 22.7 Å². The van der Waals surface area contributed by atoms with Crippen LogP contribution in [0.5, 0.6) is 5.88 Å². The lowest BCUT2D eigenvalue weighted by Gasteiger charge is -2.24. The quantitative estimate of drug-likeness (QED) is 0.832. The fourth-order valence-corrected chi connectivity index (χ4v) is 5.40. The summed E-state index contributed by atoms with van der Waals surface area (Å²) in [5, 5.41) is 2.43. The van der Waals surface area contributed by atoms with Gasteiger partial charge in [-0.05, 0) is 25.7 Å². The Morgan fingerprint density at radius 1 is 1.26 bits per heavy atom. The van der Waals surface area contributed by atoms with Gasteiger partial charge < -0.3 is 9.47 Å². The molecule has 6 heteroatoms. The third-order valence-corrected chi connectivity index (χ3v) is 7.09. The van der Waals surface area contributed by atoms with Gasteiger partial charge in [0.2, 0.25) is 5.88 Å². The van der Waals surface area contributed by atoms with E-state index in [4.69, 9.17) is 14.5 Å². The maximum Gasteiger partial charge on any atom is 0.227 e. The van der Waals surface area contributed by atoms with Crippen molar-refractivity contribution in [3.8, 4) is 5.88 Å². The molecule has 2 aromatic rings. The number of hydrogen-bond donors (Lipinski definition) is 0. The lowest BCUT2D eigenvalue weighted by molar-refractivity contribution is 0.0188. The Labute approximate surface area is 144 Å². The van der Waals surface area contributed by atoms with Crippen molar-refractivity contribution in [1.29, 1.82) is 0 Å². The number of hydrogen-bond acceptors (Lipinski definition) is 6. The van der Waals surface area contributed by atoms with Crippen molar-refractivity contribution in [3.05, 3.63) is 25.5 Å². The molecular weight excluding hydrogens is 328 g/mol. The molecule has 0 N–H and O–H groups in total. The lowest BCUT2D eigenvalue weighted by atomic mass is 10.00. The van der Waals surface area contributed by atoms with E-state index in [0.717, 1.165) is 50.3 Å². The summed E-state index contributed by atoms with van der Waals surface area (Å²) in [5.41, 5.74) is 1.16. The molecule has 2 atom stereocenters. The molecule has 0 aromatic carbocycles. The van der Waals surface area contributed by atoms with Crippen molar-refractivity contribution in [2.75, 3.05) is 6.61 Å². The average molecular weight is 351 g/mol. The Morgan fingerprint density at radius 2 is 2.17 bits per heavy atom. The van der Waals surface area contributed by atoms with Gasteiger partial charge in [0.1, 0.15) is 0 Å². The largest absolute Gasteiger partial charge is 0.477 e. The Balaban J connectivity index is 1.43. The molecule has 0 saturated carbocycles. The first-order valence-corrected chi connectivity index (χ1v) is 10.1. The molecule has 124 valence electrons. The van der Waals surface area contributed by atoms with E-state index in [9.17, 15) is 0 Å². The first-order chi connectivity index (χ1) is 11.2. The van der Waals surface area contributed by atoms with Crippen molar-refractivity contribution in [2.45, 2.75) is 64.6 Å². The predicted molar refractivity (Wildman–Crippen MR) is 92.7 cm³/mol. The van der Waals surface area contributed by atoms with Crippen LogP contribution in [0.2, 0.25) is 0 Å². The van der Waals surface area contributed by atoms with Gasteiger partial charge in [0, 0.05) is 17.2 Å². The molecule has 0 radical (unpaired) electrons. The molecule has 0 amide bonds. The summed E-state index contributed by atoms with van der Waals surface area (Å²) in [6.45, 7) is 5.90. The predicted octanol–water partition coefficient (Wildman–Crippen LogP) is 4.12. The molecule has 4 heterocycles. The fourth-order valence-electron chi connectivity index (χ4n) is 3.21. The van der Waals surface area contributed by atoms with Crippen molar-refractivity contribution >= 4 is 22.7 Å². The zero-order chi connectivity index (χ0) is 15.8. The van der Waals surface area contributed by atoms with Crippen LogP contribution < -0.4 is 4.74 Å². The molecule has 2 unspecified atom stereocenters. The van der Waals surface area contributed by atoms with E-state index >= 15 is 0 Å². The Kier molecular flexibility index (Phi) is 4.39. The number of aryl methyl sites for hydroxylation is 2. The van der Waals surface area contributed by atoms with Gasteiger partial charge in [-0.1, -0.05) is 13.8 Å². The lowest BCUT2D eigenvalue weighted by Crippen LogP contribution is -2.23. The highest BCUT2D eigenvalue weighted by molar-refractivity contribution is 7.12. The van der Waals surface area contributed by atoms with E-state index < -0.39 is 0 Å². The smallest absolute Gasteiger partial charge is 0.227 e. The van der Waals surface area contributed by atoms with Crippen LogP contribution in [-0.2, 0) is 30.6 Å². The maximum absolute atomic E-state index is 6.05. The van der Waals surface area contributed by atoms with E-state index in [1.54, 1.807) is 0 Å². The van der Waals surface area contributed by atoms with E-state index in [-0.39, 0.29) is 6.10 Å². The molecule has 2 aromatic heterocycles. The van der Waals surface area contributed by atoms with Crippen LogP contribution in [0.3, 0.4) is 0 Å². The van der Waals surface area contributed by atoms with E-state index in [2.05, 4.69) is 18.8 Å². The minimum atomic E-state index is 0.282. The molecule has 0 saturated heterocycles. The number of aromatic nitrogens is 2. The Hall–Kier alpha value is -0.980. The van der Waals surface area contributed by atoms with Crippen LogP contribution in [0, 0.1) is 0 Å². The molecule has 2 aliphatic rings. The number of rotatable bonds is 4. The molecule has 0 spiro atoms. The number of thiazole rings is 2. The van der Waals surface area contributed by atoms with E-state index in [0.29, 0.717) is 12.5 Å². The number of ether oxygens (including phenoxy) is 2. The zero-order valence-electron chi connectivity index (χ0n) is 13.6. The van der Waals surface area contributed by atoms with Crippen molar-refractivity contribution < 1.29 is 9.47 Å². The molecule has 2 aliphatic heterocycles. The summed E-state index contributed by atoms with van der Waals surface area (Å²) in [6, 6.07) is 0. The van der Waals surface area contributed by atoms with Gasteiger partial charge >= 0.3 is 0 Å². The van der Waals surface area contributed by atoms with Crippen LogP contribution in [0.4, 0.5) is 0 Å². The standard InChI is InChI=1S/C17H22N2O2S2/c1-3-15-18-12-9-21-11(8-14(12)22-15)7-10(2)17-19-16-13(23-17)5-4-6-20-16/h10-11H,3-9H2,1-2H3. The molecule has 0 bridgehead atoms. The van der Waals surface area contributed by atoms with Gasteiger partial charge in [-0.15, -0.1) is 22.7 Å². The van der Waals surface area contributed by atoms with Crippen LogP contribution in [0.25, 0.3) is 0 Å². The highest BCUT2D eigenvalue weighted by Gasteiger charge is 2.27. The second kappa shape index (κ2) is 6.49. The van der Waals surface area contributed by atoms with Crippen LogP contribution in [0.1, 0.15) is 58.1 Å². The third kappa shape index (κ3) is 3.16. The summed E-state index contributed by atoms with van der Waals surface area (Å²) in [7, 11) is 0. The SMILES string of the molecule is CCc1nc2c(s1)CC(CC(C)c1nc3c(s1)CCCO3)OC2. The highest BCUT2D eigenvalue weighted by Crippen LogP contribution is 2.36. The minimum Gasteiger partial charge on any atom is -0.477 e. The molecular formula is C17H22N2O2S2. The van der Waals surface area contributed by atoms with E-state index in [1.807, 2.05) is 22.7 Å². The second-order valence-corrected chi connectivity index (χ2v) is 8.62. The van der Waals surface area contributed by atoms with Gasteiger partial charge in [-0.3, -0.25) is 0 Å². The minimum absolute atomic E-state index is 0.282. The Bertz CT molecular complexity index is 671. The van der Waals surface area contributed by atoms with E-state index in [1.165, 1.54) is 19.8 Å². The van der Waals surface area contributed by atoms with Gasteiger partial charge in [0.15, 0.2) is 0 Å². The topological polar surface area (TPSA) is 44.2 Å². The Morgan fingerprint density at radius 3 is 3.00 bits per heavy atom.